The second kappa shape index (κ2) is 5.73. The smallest absolute Gasteiger partial charge is 0.311 e. The zero-order chi connectivity index (χ0) is 11.3. The van der Waals surface area contributed by atoms with Crippen LogP contribution in [0.2, 0.25) is 0 Å². The van der Waals surface area contributed by atoms with Crippen LogP contribution in [0, 0.1) is 5.92 Å². The number of carbonyl (C=O) groups is 2. The average Bonchev–Trinajstić information content (AvgIpc) is 2.58. The molecule has 1 aliphatic heterocycles. The van der Waals surface area contributed by atoms with Crippen LogP contribution in [0.25, 0.3) is 0 Å². The van der Waals surface area contributed by atoms with E-state index in [0.717, 1.165) is 19.4 Å². The van der Waals surface area contributed by atoms with Gasteiger partial charge in [0.1, 0.15) is 0 Å². The van der Waals surface area contributed by atoms with Crippen molar-refractivity contribution in [1.82, 2.24) is 4.90 Å². The number of hydrogen-bond acceptors (Lipinski definition) is 3. The van der Waals surface area contributed by atoms with Crippen LogP contribution < -0.4 is 0 Å². The number of amides is 1. The van der Waals surface area contributed by atoms with Gasteiger partial charge in [0.15, 0.2) is 0 Å². The molecule has 1 amide bonds. The van der Waals surface area contributed by atoms with E-state index in [9.17, 15) is 9.59 Å². The van der Waals surface area contributed by atoms with Crippen molar-refractivity contribution in [2.24, 2.45) is 5.92 Å². The fourth-order valence-electron chi connectivity index (χ4n) is 1.74. The van der Waals surface area contributed by atoms with Gasteiger partial charge < -0.3 is 9.64 Å². The van der Waals surface area contributed by atoms with Crippen LogP contribution in [0.4, 0.5) is 0 Å². The molecule has 0 N–H and O–H groups in total. The summed E-state index contributed by atoms with van der Waals surface area (Å²) in [5, 5.41) is 0. The first-order valence-corrected chi connectivity index (χ1v) is 5.63. The number of esters is 1. The lowest BCUT2D eigenvalue weighted by Gasteiger charge is -2.14. The zero-order valence-corrected chi connectivity index (χ0v) is 9.49. The molecule has 1 aliphatic rings. The minimum Gasteiger partial charge on any atom is -0.465 e. The summed E-state index contributed by atoms with van der Waals surface area (Å²) in [5.74, 6) is -0.380. The van der Waals surface area contributed by atoms with E-state index in [-0.39, 0.29) is 17.8 Å². The first-order valence-electron chi connectivity index (χ1n) is 5.63. The molecule has 0 spiro atoms. The topological polar surface area (TPSA) is 46.6 Å². The van der Waals surface area contributed by atoms with Crippen LogP contribution in [0.15, 0.2) is 0 Å². The SMILES string of the molecule is CCCOC(=O)C1CC(=O)N(CCC)C1. The van der Waals surface area contributed by atoms with Gasteiger partial charge in [0, 0.05) is 19.5 Å². The maximum atomic E-state index is 11.5. The number of hydrogen-bond donors (Lipinski definition) is 0. The molecular formula is C11H19NO3. The Bertz CT molecular complexity index is 240. The summed E-state index contributed by atoms with van der Waals surface area (Å²) in [7, 11) is 0. The van der Waals surface area contributed by atoms with Crippen molar-refractivity contribution in [3.63, 3.8) is 0 Å². The quantitative estimate of drug-likeness (QED) is 0.645. The lowest BCUT2D eigenvalue weighted by molar-refractivity contribution is -0.148. The minimum absolute atomic E-state index is 0.0790. The van der Waals surface area contributed by atoms with E-state index in [0.29, 0.717) is 19.6 Å². The van der Waals surface area contributed by atoms with Gasteiger partial charge >= 0.3 is 5.97 Å². The number of rotatable bonds is 5. The Labute approximate surface area is 90.6 Å². The Kier molecular flexibility index (Phi) is 4.59. The van der Waals surface area contributed by atoms with Gasteiger partial charge in [-0.25, -0.2) is 0 Å². The Morgan fingerprint density at radius 3 is 2.80 bits per heavy atom. The number of ether oxygens (including phenoxy) is 1. The fourth-order valence-corrected chi connectivity index (χ4v) is 1.74. The normalized spacial score (nSPS) is 20.8. The lowest BCUT2D eigenvalue weighted by Crippen LogP contribution is -2.27. The molecule has 0 aromatic carbocycles. The van der Waals surface area contributed by atoms with Gasteiger partial charge in [-0.2, -0.15) is 0 Å². The third-order valence-electron chi connectivity index (χ3n) is 2.49. The summed E-state index contributed by atoms with van der Waals surface area (Å²) in [5.41, 5.74) is 0. The van der Waals surface area contributed by atoms with E-state index in [1.54, 1.807) is 4.90 Å². The average molecular weight is 213 g/mol. The largest absolute Gasteiger partial charge is 0.465 e. The van der Waals surface area contributed by atoms with Crippen LogP contribution in [-0.2, 0) is 14.3 Å². The summed E-state index contributed by atoms with van der Waals surface area (Å²) in [6, 6.07) is 0. The van der Waals surface area contributed by atoms with Gasteiger partial charge in [-0.1, -0.05) is 13.8 Å². The highest BCUT2D eigenvalue weighted by Gasteiger charge is 2.34. The molecule has 1 heterocycles. The molecule has 0 aromatic rings. The molecule has 0 bridgehead atoms. The molecule has 86 valence electrons. The van der Waals surface area contributed by atoms with Gasteiger partial charge in [-0.15, -0.1) is 0 Å². The Morgan fingerprint density at radius 1 is 1.47 bits per heavy atom. The summed E-state index contributed by atoms with van der Waals surface area (Å²) in [6.45, 7) is 5.72. The van der Waals surface area contributed by atoms with Crippen molar-refractivity contribution < 1.29 is 14.3 Å². The standard InChI is InChI=1S/C11H19NO3/c1-3-5-12-8-9(7-10(12)13)11(14)15-6-4-2/h9H,3-8H2,1-2H3. The maximum absolute atomic E-state index is 11.5. The highest BCUT2D eigenvalue weighted by molar-refractivity contribution is 5.86. The third-order valence-corrected chi connectivity index (χ3v) is 2.49. The number of nitrogens with zero attached hydrogens (tertiary/aromatic N) is 1. The first-order chi connectivity index (χ1) is 7.19. The van der Waals surface area contributed by atoms with E-state index in [4.69, 9.17) is 4.74 Å². The maximum Gasteiger partial charge on any atom is 0.311 e. The lowest BCUT2D eigenvalue weighted by atomic mass is 10.1. The first kappa shape index (κ1) is 12.0. The van der Waals surface area contributed by atoms with Gasteiger partial charge in [-0.3, -0.25) is 9.59 Å². The number of carbonyl (C=O) groups excluding carboxylic acids is 2. The predicted molar refractivity (Wildman–Crippen MR) is 56.2 cm³/mol. The molecule has 1 atom stereocenters. The predicted octanol–water partition coefficient (Wildman–Crippen LogP) is 1.20. The molecule has 15 heavy (non-hydrogen) atoms. The van der Waals surface area contributed by atoms with E-state index >= 15 is 0 Å². The molecule has 0 radical (unpaired) electrons. The van der Waals surface area contributed by atoms with Crippen LogP contribution in [-0.4, -0.2) is 36.5 Å². The molecule has 0 saturated carbocycles. The second-order valence-corrected chi connectivity index (χ2v) is 3.91. The molecular weight excluding hydrogens is 194 g/mol. The van der Waals surface area contributed by atoms with Crippen molar-refractivity contribution in [2.45, 2.75) is 33.1 Å². The zero-order valence-electron chi connectivity index (χ0n) is 9.49. The molecule has 4 nitrogen and oxygen atoms in total. The van der Waals surface area contributed by atoms with Gasteiger partial charge in [0.25, 0.3) is 0 Å². The van der Waals surface area contributed by atoms with Gasteiger partial charge in [-0.05, 0) is 12.8 Å². The van der Waals surface area contributed by atoms with Crippen molar-refractivity contribution in [2.75, 3.05) is 19.7 Å². The van der Waals surface area contributed by atoms with Crippen LogP contribution >= 0.6 is 0 Å². The summed E-state index contributed by atoms with van der Waals surface area (Å²) < 4.78 is 5.03. The fraction of sp³-hybridized carbons (Fsp3) is 0.818. The summed E-state index contributed by atoms with van der Waals surface area (Å²) >= 11 is 0. The van der Waals surface area contributed by atoms with E-state index < -0.39 is 0 Å². The van der Waals surface area contributed by atoms with Crippen molar-refractivity contribution in [3.05, 3.63) is 0 Å². The third kappa shape index (κ3) is 3.22. The van der Waals surface area contributed by atoms with E-state index in [1.807, 2.05) is 13.8 Å². The number of likely N-dealkylation sites (tertiary alicyclic amines) is 1. The van der Waals surface area contributed by atoms with Crippen molar-refractivity contribution >= 4 is 11.9 Å². The molecule has 0 aromatic heterocycles. The molecule has 4 heteroatoms. The highest BCUT2D eigenvalue weighted by atomic mass is 16.5. The van der Waals surface area contributed by atoms with Crippen molar-refractivity contribution in [3.8, 4) is 0 Å². The second-order valence-electron chi connectivity index (χ2n) is 3.91. The minimum atomic E-state index is -0.240. The highest BCUT2D eigenvalue weighted by Crippen LogP contribution is 2.19. The van der Waals surface area contributed by atoms with Crippen LogP contribution in [0.3, 0.4) is 0 Å². The summed E-state index contributed by atoms with van der Waals surface area (Å²) in [4.78, 5) is 24.7. The molecule has 1 saturated heterocycles. The summed E-state index contributed by atoms with van der Waals surface area (Å²) in [6.07, 6.45) is 2.08. The molecule has 0 aliphatic carbocycles. The Morgan fingerprint density at radius 2 is 2.20 bits per heavy atom. The Hall–Kier alpha value is -1.06. The molecule has 1 unspecified atom stereocenters. The van der Waals surface area contributed by atoms with Crippen LogP contribution in [0.1, 0.15) is 33.1 Å². The van der Waals surface area contributed by atoms with E-state index in [2.05, 4.69) is 0 Å². The molecule has 1 fully saturated rings. The van der Waals surface area contributed by atoms with E-state index in [1.165, 1.54) is 0 Å². The van der Waals surface area contributed by atoms with Crippen LogP contribution in [0.5, 0.6) is 0 Å². The van der Waals surface area contributed by atoms with Gasteiger partial charge in [0.2, 0.25) is 5.91 Å². The monoisotopic (exact) mass is 213 g/mol. The molecule has 1 rings (SSSR count). The Balaban J connectivity index is 2.39. The van der Waals surface area contributed by atoms with Crippen molar-refractivity contribution in [1.29, 1.82) is 0 Å². The van der Waals surface area contributed by atoms with Gasteiger partial charge in [0.05, 0.1) is 12.5 Å².